The smallest absolute Gasteiger partial charge is 0.306 e. The van der Waals surface area contributed by atoms with Crippen LogP contribution in [0.15, 0.2) is 318 Å². The Hall–Kier alpha value is -13.0. The molecule has 0 radical (unpaired) electrons. The SMILES string of the molecule is CCOC(=O)CCP1(=O)Oc2ccc(C)cc2-c2ccccc21.CCOC(=O)CCP1(=O)Oc2ccccc2-c2ccccc21.CCP1(=O)Oc2c(Br)cc(Br)cc2-c2ccccc21.COC(=O)CCP1(=O)Oc2ccc(C)cc2-c2ccccc21.COC(=O)CCP1(=O)Oc2ccccc2-c2ccccc21.O=C(O)CCP1(=O)Oc2ccc(COO)cc2-c2ccccc21.O=C(O)CCP1(=O)Oc2ccccc2-c2ccccc21. The van der Waals surface area contributed by atoms with Crippen LogP contribution >= 0.6 is 83.4 Å². The zero-order valence-corrected chi connectivity index (χ0v) is 92.1. The molecule has 7 unspecified atom stereocenters. The summed E-state index contributed by atoms with van der Waals surface area (Å²) in [6.07, 6.45) is 0.948. The van der Waals surface area contributed by atoms with E-state index in [4.69, 9.17) is 56.6 Å². The van der Waals surface area contributed by atoms with Crippen LogP contribution in [0.5, 0.6) is 40.2 Å². The van der Waals surface area contributed by atoms with Gasteiger partial charge in [0, 0.05) is 86.6 Å². The zero-order chi connectivity index (χ0) is 107. The second-order valence-electron chi connectivity index (χ2n) is 35.0. The first-order chi connectivity index (χ1) is 72.0. The Bertz CT molecular complexity index is 7860. The maximum Gasteiger partial charge on any atom is 0.306 e. The number of fused-ring (bicyclic) bond motifs is 21. The highest BCUT2D eigenvalue weighted by molar-refractivity contribution is 9.11. The van der Waals surface area contributed by atoms with Crippen molar-refractivity contribution >= 4 is 156 Å². The monoisotopic (exact) mass is 2290 g/mol. The van der Waals surface area contributed by atoms with E-state index in [1.54, 1.807) is 68.4 Å². The van der Waals surface area contributed by atoms with Gasteiger partial charge in [0.1, 0.15) is 46.9 Å². The lowest BCUT2D eigenvalue weighted by atomic mass is 10.0. The van der Waals surface area contributed by atoms with Crippen LogP contribution in [0, 0.1) is 13.8 Å². The number of carboxylic acid groups (broad SMARTS) is 2. The van der Waals surface area contributed by atoms with Crippen LogP contribution in [0.3, 0.4) is 0 Å². The molecule has 150 heavy (non-hydrogen) atoms. The van der Waals surface area contributed by atoms with Crippen LogP contribution < -0.4 is 68.8 Å². The maximum absolute atomic E-state index is 13.4. The number of para-hydroxylation sites is 3. The molecule has 14 aromatic rings. The van der Waals surface area contributed by atoms with Gasteiger partial charge in [0.2, 0.25) is 0 Å². The largest absolute Gasteiger partial charge is 0.481 e. The van der Waals surface area contributed by atoms with Crippen molar-refractivity contribution in [3.05, 3.63) is 335 Å². The van der Waals surface area contributed by atoms with Gasteiger partial charge in [-0.1, -0.05) is 234 Å². The summed E-state index contributed by atoms with van der Waals surface area (Å²) in [4.78, 5) is 71.7. The molecule has 37 heteroatoms. The maximum atomic E-state index is 13.4. The number of ether oxygens (including phenoxy) is 4. The summed E-state index contributed by atoms with van der Waals surface area (Å²) in [5, 5.41) is 31.0. The van der Waals surface area contributed by atoms with Crippen molar-refractivity contribution in [1.29, 1.82) is 0 Å². The molecule has 0 saturated heterocycles. The predicted octanol–water partition coefficient (Wildman–Crippen LogP) is 25.7. The fourth-order valence-corrected chi connectivity index (χ4v) is 34.8. The Morgan fingerprint density at radius 1 is 0.280 bits per heavy atom. The molecule has 3 N–H and O–H groups in total. The topological polar surface area (TPSA) is 393 Å². The van der Waals surface area contributed by atoms with Gasteiger partial charge in [0.15, 0.2) is 0 Å². The zero-order valence-electron chi connectivity index (χ0n) is 82.7. The number of methoxy groups -OCH3 is 2. The van der Waals surface area contributed by atoms with Gasteiger partial charge in [0.05, 0.1) is 108 Å². The number of carbonyl (C=O) groups is 6. The summed E-state index contributed by atoms with van der Waals surface area (Å²) in [5.41, 5.74) is 15.6. The Morgan fingerprint density at radius 3 is 0.827 bits per heavy atom. The molecule has 0 amide bonds. The number of aryl methyl sites for hydroxylation is 2. The molecule has 0 spiro atoms. The lowest BCUT2D eigenvalue weighted by Crippen LogP contribution is -2.21. The molecule has 21 rings (SSSR count). The molecule has 0 aromatic heterocycles. The van der Waals surface area contributed by atoms with Gasteiger partial charge in [-0.15, -0.1) is 0 Å². The first-order valence-electron chi connectivity index (χ1n) is 48.0. The number of benzene rings is 14. The van der Waals surface area contributed by atoms with Crippen LogP contribution in [-0.4, -0.2) is 122 Å². The van der Waals surface area contributed by atoms with Crippen molar-refractivity contribution in [1.82, 2.24) is 0 Å². The number of hydrogen-bond acceptors (Lipinski definition) is 26. The van der Waals surface area contributed by atoms with Crippen LogP contribution in [-0.2, 0) is 91.2 Å². The van der Waals surface area contributed by atoms with E-state index in [-0.39, 0.29) is 106 Å². The molecular weight excluding hydrogens is 2180 g/mol. The number of esters is 4. The minimum Gasteiger partial charge on any atom is -0.481 e. The van der Waals surface area contributed by atoms with Gasteiger partial charge >= 0.3 is 35.8 Å². The van der Waals surface area contributed by atoms with Crippen molar-refractivity contribution in [3.8, 4) is 118 Å². The van der Waals surface area contributed by atoms with Crippen LogP contribution in [0.2, 0.25) is 0 Å². The van der Waals surface area contributed by atoms with E-state index in [0.717, 1.165) is 109 Å². The van der Waals surface area contributed by atoms with E-state index < -0.39 is 63.5 Å². The third-order valence-corrected chi connectivity index (χ3v) is 43.1. The molecule has 0 bridgehead atoms. The summed E-state index contributed by atoms with van der Waals surface area (Å²) in [6.45, 7) is 10.1. The highest BCUT2D eigenvalue weighted by Gasteiger charge is 2.44. The fraction of sp³-hybridized carbons (Fsp3) is 0.204. The van der Waals surface area contributed by atoms with Gasteiger partial charge in [0.25, 0.3) is 51.6 Å². The van der Waals surface area contributed by atoms with Gasteiger partial charge in [-0.05, 0) is 197 Å². The van der Waals surface area contributed by atoms with Crippen LogP contribution in [0.4, 0.5) is 0 Å². The van der Waals surface area contributed by atoms with Gasteiger partial charge in [-0.3, -0.25) is 66.0 Å². The molecule has 7 heterocycles. The summed E-state index contributed by atoms with van der Waals surface area (Å²) in [6, 6.07) is 95.3. The molecule has 7 atom stereocenters. The second kappa shape index (κ2) is 49.0. The summed E-state index contributed by atoms with van der Waals surface area (Å²) < 4.78 is 154. The van der Waals surface area contributed by atoms with Crippen LogP contribution in [0.25, 0.3) is 77.9 Å². The lowest BCUT2D eigenvalue weighted by Gasteiger charge is -2.28. The number of rotatable bonds is 23. The highest BCUT2D eigenvalue weighted by atomic mass is 79.9. The molecule has 0 aliphatic carbocycles. The molecule has 776 valence electrons. The Labute approximate surface area is 885 Å². The van der Waals surface area contributed by atoms with E-state index in [9.17, 15) is 60.7 Å². The number of halogens is 2. The average molecular weight is 2290 g/mol. The minimum atomic E-state index is -3.28. The standard InChI is InChI=1S/C18H19O4P.2C17H17O4P.C16H15O6P.C16H15O4P.C15H13O4P.C14H11Br2O2P/c1-3-21-18(19)10-11-23(20)17-7-5-4-6-14(17)15-12-13(2)8-9-16(15)22-23;1-12-7-8-15-14(11-12)13-5-3-4-6-16(13)22(19,21-15)10-9-17(18)20-2;1-2-20-17(18)11-12-22(19)16-10-6-4-8-14(16)13-7-3-5-9-15(13)21-22;17-16(18)7-8-23(20)15-4-2-1-3-12(15)13-9-11(10-21-19)5-6-14(13)22-23;1-19-16(17)10-11-21(18)15-9-5-3-7-13(15)12-6-2-4-8-14(12)20-21;16-15(17)9-10-20(18)14-8-4-2-6-12(14)11-5-1-3-7-13(11)19-20;1-2-19(17)13-6-4-3-5-10(13)11-7-9(15)8-12(16)14(11)18-19/h4-9,12H,3,10-11H2,1-2H3;3-8,11H,9-10H2,1-2H3;3-10H,2,11-12H2,1H3;1-6,9,19H,7-8,10H2,(H,17,18);2-9H,10-11H2,1H3;1-8H,9-10H2,(H,16,17);3-8H,2H2,1H3. The van der Waals surface area contributed by atoms with Crippen molar-refractivity contribution in [2.45, 2.75) is 79.8 Å². The van der Waals surface area contributed by atoms with Crippen molar-refractivity contribution in [2.24, 2.45) is 0 Å². The van der Waals surface area contributed by atoms with Gasteiger partial charge < -0.3 is 60.8 Å². The predicted molar refractivity (Wildman–Crippen MR) is 591 cm³/mol. The second-order valence-corrected chi connectivity index (χ2v) is 54.2. The first-order valence-corrected chi connectivity index (χ1v) is 62.2. The summed E-state index contributed by atoms with van der Waals surface area (Å²) in [7, 11) is -19.1. The Balaban J connectivity index is 0.000000131. The Kier molecular flexibility index (Phi) is 36.3. The van der Waals surface area contributed by atoms with Crippen molar-refractivity contribution < 1.29 is 132 Å². The normalized spacial score (nSPS) is 19.1. The van der Waals surface area contributed by atoms with E-state index >= 15 is 0 Å². The highest BCUT2D eigenvalue weighted by Crippen LogP contribution is 2.63. The summed E-state index contributed by atoms with van der Waals surface area (Å²) in [5.74, 6) is 0.651. The number of carbonyl (C=O) groups excluding carboxylic acids is 4. The van der Waals surface area contributed by atoms with Crippen molar-refractivity contribution in [3.63, 3.8) is 0 Å². The minimum absolute atomic E-state index is 0.00762. The first kappa shape index (κ1) is 111. The quantitative estimate of drug-likeness (QED) is 0.0176. The molecule has 0 saturated carbocycles. The van der Waals surface area contributed by atoms with Gasteiger partial charge in [-0.2, -0.15) is 0 Å². The van der Waals surface area contributed by atoms with E-state index in [1.807, 2.05) is 276 Å². The Morgan fingerprint density at radius 2 is 0.533 bits per heavy atom. The summed E-state index contributed by atoms with van der Waals surface area (Å²) >= 11 is 6.97. The number of aliphatic carboxylic acids is 2. The molecule has 14 aromatic carbocycles. The number of hydrogen-bond donors (Lipinski definition) is 3. The number of carboxylic acids is 2. The van der Waals surface area contributed by atoms with Crippen molar-refractivity contribution in [2.75, 3.05) is 70.6 Å². The van der Waals surface area contributed by atoms with E-state index in [2.05, 4.69) is 46.2 Å². The fourth-order valence-electron chi connectivity index (χ4n) is 17.8. The molecule has 28 nitrogen and oxygen atoms in total. The average Bonchev–Trinajstić information content (AvgIpc) is 0.729. The molecular formula is C113H107Br2O28P7. The molecule has 0 fully saturated rings. The third-order valence-electron chi connectivity index (χ3n) is 25.0. The van der Waals surface area contributed by atoms with Crippen LogP contribution in [0.1, 0.15) is 76.0 Å². The van der Waals surface area contributed by atoms with E-state index in [1.165, 1.54) is 14.2 Å². The van der Waals surface area contributed by atoms with E-state index in [0.29, 0.717) is 91.4 Å². The van der Waals surface area contributed by atoms with Gasteiger partial charge in [-0.25, -0.2) is 4.89 Å². The molecule has 7 aliphatic rings. The third kappa shape index (κ3) is 25.4. The lowest BCUT2D eigenvalue weighted by molar-refractivity contribution is -0.253. The molecule has 7 aliphatic heterocycles.